The second kappa shape index (κ2) is 25.9. The van der Waals surface area contributed by atoms with Crippen molar-refractivity contribution in [1.29, 1.82) is 0 Å². The predicted octanol–water partition coefficient (Wildman–Crippen LogP) is 12.2. The van der Waals surface area contributed by atoms with E-state index >= 15 is 0 Å². The molecule has 196 valence electrons. The van der Waals surface area contributed by atoms with Crippen molar-refractivity contribution in [3.8, 4) is 0 Å². The summed E-state index contributed by atoms with van der Waals surface area (Å²) < 4.78 is 0. The monoisotopic (exact) mass is 473 g/mol. The molecule has 0 aromatic heterocycles. The molecule has 1 atom stereocenters. The van der Waals surface area contributed by atoms with E-state index < -0.39 is 0 Å². The summed E-state index contributed by atoms with van der Waals surface area (Å²) in [6, 6.07) is 0. The number of rotatable bonds is 25. The van der Waals surface area contributed by atoms with Gasteiger partial charge in [-0.15, -0.1) is 11.6 Å². The van der Waals surface area contributed by atoms with E-state index in [4.69, 9.17) is 11.6 Å². The van der Waals surface area contributed by atoms with Crippen molar-refractivity contribution in [3.63, 3.8) is 0 Å². The third-order valence-electron chi connectivity index (χ3n) is 7.72. The molecule has 0 fully saturated rings. The van der Waals surface area contributed by atoms with Crippen LogP contribution in [0.25, 0.3) is 0 Å². The van der Waals surface area contributed by atoms with E-state index in [1.54, 1.807) is 0 Å². The van der Waals surface area contributed by atoms with Gasteiger partial charge in [0.05, 0.1) is 0 Å². The molecule has 0 amide bonds. The van der Waals surface area contributed by atoms with Crippen LogP contribution >= 0.6 is 11.6 Å². The van der Waals surface area contributed by atoms with Crippen LogP contribution in [-0.4, -0.2) is 4.87 Å². The third kappa shape index (κ3) is 19.7. The maximum absolute atomic E-state index is 7.10. The Balaban J connectivity index is 0. The Morgan fingerprint density at radius 3 is 0.938 bits per heavy atom. The molecular weight excluding hydrogens is 410 g/mol. The van der Waals surface area contributed by atoms with Gasteiger partial charge < -0.3 is 6.15 Å². The highest BCUT2D eigenvalue weighted by atomic mass is 35.5. The maximum atomic E-state index is 7.10. The fourth-order valence-electron chi connectivity index (χ4n) is 5.25. The van der Waals surface area contributed by atoms with Crippen LogP contribution in [0.4, 0.5) is 0 Å². The summed E-state index contributed by atoms with van der Waals surface area (Å²) in [7, 11) is 0. The Bertz CT molecular complexity index is 340. The molecule has 0 saturated heterocycles. The van der Waals surface area contributed by atoms with E-state index in [-0.39, 0.29) is 11.0 Å². The maximum Gasteiger partial charge on any atom is 0.0469 e. The smallest absolute Gasteiger partial charge is 0.0469 e. The van der Waals surface area contributed by atoms with Crippen LogP contribution in [0.15, 0.2) is 0 Å². The van der Waals surface area contributed by atoms with Gasteiger partial charge in [0.15, 0.2) is 0 Å². The number of hydrogen-bond donors (Lipinski definition) is 1. The highest BCUT2D eigenvalue weighted by Crippen LogP contribution is 2.39. The second-order valence-electron chi connectivity index (χ2n) is 10.4. The van der Waals surface area contributed by atoms with Crippen LogP contribution in [0.3, 0.4) is 0 Å². The molecule has 0 aliphatic carbocycles. The molecule has 0 spiro atoms. The van der Waals surface area contributed by atoms with Crippen molar-refractivity contribution in [2.45, 2.75) is 187 Å². The van der Waals surface area contributed by atoms with Gasteiger partial charge in [-0.3, -0.25) is 0 Å². The molecule has 3 N–H and O–H groups in total. The summed E-state index contributed by atoms with van der Waals surface area (Å²) in [6.07, 6.45) is 33.6. The summed E-state index contributed by atoms with van der Waals surface area (Å²) >= 11 is 7.10. The van der Waals surface area contributed by atoms with Crippen molar-refractivity contribution in [1.82, 2.24) is 6.15 Å². The van der Waals surface area contributed by atoms with Gasteiger partial charge in [-0.05, 0) is 31.6 Å². The van der Waals surface area contributed by atoms with Gasteiger partial charge in [0.25, 0.3) is 0 Å². The summed E-state index contributed by atoms with van der Waals surface area (Å²) in [5.41, 5.74) is 0. The summed E-state index contributed by atoms with van der Waals surface area (Å²) in [6.45, 7) is 9.21. The lowest BCUT2D eigenvalue weighted by Crippen LogP contribution is -2.30. The average Bonchev–Trinajstić information content (AvgIpc) is 2.79. The molecule has 0 saturated carbocycles. The Hall–Kier alpha value is 0.250. The SMILES string of the molecule is CCCCCCCCCCCCCCCCC(CCCCCCCC)C(Cl)(CC)CC.N. The lowest BCUT2D eigenvalue weighted by atomic mass is 9.80. The van der Waals surface area contributed by atoms with Gasteiger partial charge >= 0.3 is 0 Å². The van der Waals surface area contributed by atoms with Crippen LogP contribution in [0.1, 0.15) is 182 Å². The Morgan fingerprint density at radius 2 is 0.688 bits per heavy atom. The Morgan fingerprint density at radius 1 is 0.438 bits per heavy atom. The molecule has 32 heavy (non-hydrogen) atoms. The van der Waals surface area contributed by atoms with Gasteiger partial charge in [0, 0.05) is 4.87 Å². The van der Waals surface area contributed by atoms with Gasteiger partial charge in [-0.2, -0.15) is 0 Å². The standard InChI is InChI=1S/C30H61Cl.H3N/c1-5-9-11-13-15-16-17-18-19-20-21-22-24-26-28-29(30(31,7-3)8-4)27-25-23-14-12-10-6-2;/h29H,5-28H2,1-4H3;1H3. The van der Waals surface area contributed by atoms with E-state index in [2.05, 4.69) is 27.7 Å². The molecule has 2 heteroatoms. The third-order valence-corrected chi connectivity index (χ3v) is 8.56. The minimum absolute atomic E-state index is 0. The Labute approximate surface area is 210 Å². The molecule has 0 radical (unpaired) electrons. The first-order valence-corrected chi connectivity index (χ1v) is 15.2. The highest BCUT2D eigenvalue weighted by Gasteiger charge is 2.32. The average molecular weight is 474 g/mol. The van der Waals surface area contributed by atoms with E-state index in [0.717, 1.165) is 18.8 Å². The molecule has 0 aliphatic heterocycles. The van der Waals surface area contributed by atoms with Gasteiger partial charge in [-0.25, -0.2) is 0 Å². The van der Waals surface area contributed by atoms with E-state index in [9.17, 15) is 0 Å². The van der Waals surface area contributed by atoms with Crippen molar-refractivity contribution in [2.75, 3.05) is 0 Å². The number of halogens is 1. The molecule has 0 aliphatic rings. The molecule has 0 aromatic rings. The quantitative estimate of drug-likeness (QED) is 0.104. The first-order valence-electron chi connectivity index (χ1n) is 14.8. The fourth-order valence-corrected chi connectivity index (χ4v) is 5.46. The molecule has 0 bridgehead atoms. The summed E-state index contributed by atoms with van der Waals surface area (Å²) in [5, 5.41) is 0. The molecule has 1 unspecified atom stereocenters. The normalized spacial score (nSPS) is 12.7. The predicted molar refractivity (Wildman–Crippen MR) is 151 cm³/mol. The fraction of sp³-hybridized carbons (Fsp3) is 1.00. The highest BCUT2D eigenvalue weighted by molar-refractivity contribution is 6.24. The Kier molecular flexibility index (Phi) is 27.8. The van der Waals surface area contributed by atoms with E-state index in [1.807, 2.05) is 0 Å². The van der Waals surface area contributed by atoms with Crippen LogP contribution in [0, 0.1) is 5.92 Å². The summed E-state index contributed by atoms with van der Waals surface area (Å²) in [4.78, 5) is 0.0555. The lowest BCUT2D eigenvalue weighted by Gasteiger charge is -2.34. The van der Waals surface area contributed by atoms with Crippen molar-refractivity contribution in [2.24, 2.45) is 5.92 Å². The summed E-state index contributed by atoms with van der Waals surface area (Å²) in [5.74, 6) is 0.729. The van der Waals surface area contributed by atoms with Gasteiger partial charge in [-0.1, -0.05) is 156 Å². The minimum Gasteiger partial charge on any atom is -0.344 e. The largest absolute Gasteiger partial charge is 0.344 e. The lowest BCUT2D eigenvalue weighted by molar-refractivity contribution is 0.288. The van der Waals surface area contributed by atoms with Crippen molar-refractivity contribution < 1.29 is 0 Å². The topological polar surface area (TPSA) is 35.0 Å². The molecule has 0 aromatic carbocycles. The zero-order valence-corrected chi connectivity index (χ0v) is 23.9. The first kappa shape index (κ1) is 34.4. The van der Waals surface area contributed by atoms with Crippen LogP contribution in [0.2, 0.25) is 0 Å². The van der Waals surface area contributed by atoms with Crippen LogP contribution in [-0.2, 0) is 0 Å². The zero-order valence-electron chi connectivity index (χ0n) is 23.1. The van der Waals surface area contributed by atoms with Crippen molar-refractivity contribution >= 4 is 11.6 Å². The second-order valence-corrected chi connectivity index (χ2v) is 11.1. The molecule has 0 heterocycles. The zero-order chi connectivity index (χ0) is 23.0. The minimum atomic E-state index is 0. The van der Waals surface area contributed by atoms with Gasteiger partial charge in [0.1, 0.15) is 0 Å². The first-order chi connectivity index (χ1) is 15.1. The van der Waals surface area contributed by atoms with E-state index in [0.29, 0.717) is 0 Å². The van der Waals surface area contributed by atoms with Crippen LogP contribution < -0.4 is 6.15 Å². The van der Waals surface area contributed by atoms with Gasteiger partial charge in [0.2, 0.25) is 0 Å². The van der Waals surface area contributed by atoms with Crippen molar-refractivity contribution in [3.05, 3.63) is 0 Å². The van der Waals surface area contributed by atoms with Crippen LogP contribution in [0.5, 0.6) is 0 Å². The molecular formula is C30H64ClN. The molecule has 1 nitrogen and oxygen atoms in total. The molecule has 0 rings (SSSR count). The number of alkyl halides is 1. The number of hydrogen-bond acceptors (Lipinski definition) is 1. The number of unbranched alkanes of at least 4 members (excludes halogenated alkanes) is 18. The van der Waals surface area contributed by atoms with E-state index in [1.165, 1.54) is 141 Å².